The van der Waals surface area contributed by atoms with Gasteiger partial charge in [-0.3, -0.25) is 14.4 Å². The first-order valence-electron chi connectivity index (χ1n) is 9.98. The van der Waals surface area contributed by atoms with Gasteiger partial charge in [0.25, 0.3) is 5.91 Å². The number of hydrogen-bond acceptors (Lipinski definition) is 8. The van der Waals surface area contributed by atoms with Crippen molar-refractivity contribution in [1.82, 2.24) is 4.98 Å². The van der Waals surface area contributed by atoms with Crippen LogP contribution < -0.4 is 16.0 Å². The lowest BCUT2D eigenvalue weighted by Gasteiger charge is -2.08. The molecule has 1 aromatic carbocycles. The van der Waals surface area contributed by atoms with Gasteiger partial charge in [0.05, 0.1) is 10.6 Å². The minimum absolute atomic E-state index is 0.172. The maximum absolute atomic E-state index is 11.9. The molecule has 10 heteroatoms. The number of aromatic nitrogens is 1. The van der Waals surface area contributed by atoms with Gasteiger partial charge >= 0.3 is 5.97 Å². The Bertz CT molecular complexity index is 1080. The maximum Gasteiger partial charge on any atom is 0.306 e. The second-order valence-corrected chi connectivity index (χ2v) is 9.09. The van der Waals surface area contributed by atoms with E-state index >= 15 is 0 Å². The SMILES string of the molecule is CC(=O)Nc1ccc(NC(=O)COC(=O)CCCNc2nc(-c3ccc(C)s3)cs2)cc1. The predicted octanol–water partition coefficient (Wildman–Crippen LogP) is 4.51. The first-order chi connectivity index (χ1) is 15.4. The number of hydrogen-bond donors (Lipinski definition) is 3. The van der Waals surface area contributed by atoms with Gasteiger partial charge in [0.15, 0.2) is 11.7 Å². The van der Waals surface area contributed by atoms with E-state index < -0.39 is 11.9 Å². The third kappa shape index (κ3) is 7.47. The van der Waals surface area contributed by atoms with Crippen LogP contribution in [0.2, 0.25) is 0 Å². The Morgan fingerprint density at radius 2 is 1.75 bits per heavy atom. The summed E-state index contributed by atoms with van der Waals surface area (Å²) < 4.78 is 5.02. The van der Waals surface area contributed by atoms with Crippen LogP contribution in [-0.2, 0) is 19.1 Å². The van der Waals surface area contributed by atoms with E-state index in [4.69, 9.17) is 4.74 Å². The monoisotopic (exact) mass is 472 g/mol. The molecule has 0 aliphatic rings. The third-order valence-electron chi connectivity index (χ3n) is 4.18. The van der Waals surface area contributed by atoms with Gasteiger partial charge < -0.3 is 20.7 Å². The zero-order valence-electron chi connectivity index (χ0n) is 17.8. The molecule has 0 bridgehead atoms. The van der Waals surface area contributed by atoms with Crippen LogP contribution in [0.1, 0.15) is 24.6 Å². The van der Waals surface area contributed by atoms with Gasteiger partial charge in [-0.05, 0) is 49.7 Å². The molecule has 0 spiro atoms. The van der Waals surface area contributed by atoms with Gasteiger partial charge in [0, 0.05) is 41.5 Å². The van der Waals surface area contributed by atoms with Crippen LogP contribution in [0.5, 0.6) is 0 Å². The Morgan fingerprint density at radius 3 is 2.41 bits per heavy atom. The lowest BCUT2D eigenvalue weighted by molar-refractivity contribution is -0.147. The number of benzene rings is 1. The minimum atomic E-state index is -0.433. The molecule has 0 aliphatic carbocycles. The van der Waals surface area contributed by atoms with Crippen molar-refractivity contribution in [2.24, 2.45) is 0 Å². The van der Waals surface area contributed by atoms with Gasteiger partial charge in [-0.25, -0.2) is 4.98 Å². The Balaban J connectivity index is 1.31. The molecule has 0 radical (unpaired) electrons. The highest BCUT2D eigenvalue weighted by Gasteiger charge is 2.09. The largest absolute Gasteiger partial charge is 0.456 e. The summed E-state index contributed by atoms with van der Waals surface area (Å²) >= 11 is 3.23. The molecular formula is C22H24N4O4S2. The van der Waals surface area contributed by atoms with Crippen molar-refractivity contribution >= 4 is 57.0 Å². The summed E-state index contributed by atoms with van der Waals surface area (Å²) in [5.74, 6) is -1.03. The molecule has 2 aromatic heterocycles. The van der Waals surface area contributed by atoms with Crippen LogP contribution in [-0.4, -0.2) is 35.9 Å². The van der Waals surface area contributed by atoms with Crippen molar-refractivity contribution in [3.63, 3.8) is 0 Å². The fourth-order valence-electron chi connectivity index (χ4n) is 2.72. The Kier molecular flexibility index (Phi) is 8.34. The lowest BCUT2D eigenvalue weighted by atomic mass is 10.2. The average molecular weight is 473 g/mol. The zero-order chi connectivity index (χ0) is 22.9. The van der Waals surface area contributed by atoms with E-state index in [1.165, 1.54) is 23.1 Å². The lowest BCUT2D eigenvalue weighted by Crippen LogP contribution is -2.21. The predicted molar refractivity (Wildman–Crippen MR) is 128 cm³/mol. The summed E-state index contributed by atoms with van der Waals surface area (Å²) in [6.07, 6.45) is 0.770. The molecule has 0 saturated heterocycles. The summed E-state index contributed by atoms with van der Waals surface area (Å²) in [7, 11) is 0. The Hall–Kier alpha value is -3.24. The summed E-state index contributed by atoms with van der Waals surface area (Å²) in [5.41, 5.74) is 2.13. The molecular weight excluding hydrogens is 448 g/mol. The fourth-order valence-corrected chi connectivity index (χ4v) is 4.37. The van der Waals surface area contributed by atoms with Crippen LogP contribution in [0, 0.1) is 6.92 Å². The van der Waals surface area contributed by atoms with Crippen LogP contribution in [0.25, 0.3) is 10.6 Å². The number of carbonyl (C=O) groups is 3. The Labute approximate surface area is 194 Å². The number of nitrogens with zero attached hydrogens (tertiary/aromatic N) is 1. The molecule has 2 amide bonds. The summed E-state index contributed by atoms with van der Waals surface area (Å²) in [6.45, 7) is 3.71. The molecule has 0 fully saturated rings. The highest BCUT2D eigenvalue weighted by molar-refractivity contribution is 7.16. The van der Waals surface area contributed by atoms with E-state index in [9.17, 15) is 14.4 Å². The quantitative estimate of drug-likeness (QED) is 0.296. The number of thiophene rings is 1. The molecule has 3 N–H and O–H groups in total. The number of esters is 1. The summed E-state index contributed by atoms with van der Waals surface area (Å²) in [4.78, 5) is 41.8. The smallest absolute Gasteiger partial charge is 0.306 e. The van der Waals surface area contributed by atoms with Gasteiger partial charge in [-0.1, -0.05) is 0 Å². The molecule has 0 unspecified atom stereocenters. The molecule has 0 atom stereocenters. The molecule has 3 rings (SSSR count). The fraction of sp³-hybridized carbons (Fsp3) is 0.273. The van der Waals surface area contributed by atoms with Crippen LogP contribution in [0.15, 0.2) is 41.8 Å². The number of rotatable bonds is 10. The Morgan fingerprint density at radius 1 is 1.03 bits per heavy atom. The minimum Gasteiger partial charge on any atom is -0.456 e. The first kappa shape index (κ1) is 23.4. The van der Waals surface area contributed by atoms with Crippen LogP contribution in [0.3, 0.4) is 0 Å². The molecule has 2 heterocycles. The van der Waals surface area contributed by atoms with Gasteiger partial charge in [0.1, 0.15) is 0 Å². The number of nitrogens with one attached hydrogen (secondary N) is 3. The standard InChI is InChI=1S/C22H24N4O4S2/c1-14-5-10-19(32-14)18-13-31-22(26-18)23-11-3-4-21(29)30-12-20(28)25-17-8-6-16(7-9-17)24-15(2)27/h5-10,13H,3-4,11-12H2,1-2H3,(H,23,26)(H,24,27)(H,25,28). The highest BCUT2D eigenvalue weighted by atomic mass is 32.1. The van der Waals surface area contributed by atoms with Crippen molar-refractivity contribution in [1.29, 1.82) is 0 Å². The number of ether oxygens (including phenoxy) is 1. The third-order valence-corrected chi connectivity index (χ3v) is 6.01. The van der Waals surface area contributed by atoms with Crippen molar-refractivity contribution in [3.8, 4) is 10.6 Å². The molecule has 168 valence electrons. The normalized spacial score (nSPS) is 10.4. The van der Waals surface area contributed by atoms with Crippen LogP contribution in [0.4, 0.5) is 16.5 Å². The number of amides is 2. The average Bonchev–Trinajstić information content (AvgIpc) is 3.40. The number of carbonyl (C=O) groups excluding carboxylic acids is 3. The van der Waals surface area contributed by atoms with Crippen molar-refractivity contribution in [3.05, 3.63) is 46.7 Å². The van der Waals surface area contributed by atoms with E-state index in [-0.39, 0.29) is 18.9 Å². The van der Waals surface area contributed by atoms with Gasteiger partial charge in [0.2, 0.25) is 5.91 Å². The molecule has 3 aromatic rings. The summed E-state index contributed by atoms with van der Waals surface area (Å²) in [6, 6.07) is 10.8. The van der Waals surface area contributed by atoms with E-state index in [2.05, 4.69) is 40.0 Å². The number of thiazole rings is 1. The topological polar surface area (TPSA) is 109 Å². The van der Waals surface area contributed by atoms with Crippen molar-refractivity contribution in [2.45, 2.75) is 26.7 Å². The van der Waals surface area contributed by atoms with E-state index in [0.717, 1.165) is 15.7 Å². The number of anilines is 3. The van der Waals surface area contributed by atoms with Crippen LogP contribution >= 0.6 is 22.7 Å². The zero-order valence-corrected chi connectivity index (χ0v) is 19.4. The molecule has 0 aliphatic heterocycles. The van der Waals surface area contributed by atoms with Crippen molar-refractivity contribution < 1.29 is 19.1 Å². The summed E-state index contributed by atoms with van der Waals surface area (Å²) in [5, 5.41) is 11.3. The van der Waals surface area contributed by atoms with Gasteiger partial charge in [-0.15, -0.1) is 22.7 Å². The van der Waals surface area contributed by atoms with E-state index in [0.29, 0.717) is 24.3 Å². The first-order valence-corrected chi connectivity index (χ1v) is 11.7. The van der Waals surface area contributed by atoms with Crippen molar-refractivity contribution in [2.75, 3.05) is 29.1 Å². The highest BCUT2D eigenvalue weighted by Crippen LogP contribution is 2.30. The number of aryl methyl sites for hydroxylation is 1. The molecule has 32 heavy (non-hydrogen) atoms. The van der Waals surface area contributed by atoms with Gasteiger partial charge in [-0.2, -0.15) is 0 Å². The second kappa shape index (κ2) is 11.4. The molecule has 8 nitrogen and oxygen atoms in total. The van der Waals surface area contributed by atoms with E-state index in [1.54, 1.807) is 35.6 Å². The van der Waals surface area contributed by atoms with E-state index in [1.807, 2.05) is 5.38 Å². The second-order valence-electron chi connectivity index (χ2n) is 6.95. The molecule has 0 saturated carbocycles. The maximum atomic E-state index is 11.9.